The predicted octanol–water partition coefficient (Wildman–Crippen LogP) is 3.53. The fraction of sp³-hybridized carbons (Fsp3) is 0.607. The number of rotatable bonds is 5. The normalized spacial score (nSPS) is 21.5. The highest BCUT2D eigenvalue weighted by Gasteiger charge is 2.46. The van der Waals surface area contributed by atoms with Gasteiger partial charge < -0.3 is 19.3 Å². The number of carbonyl (C=O) groups is 2. The number of hydrogen-bond acceptors (Lipinski definition) is 5. The molecular formula is C28H40N4O4. The average molecular weight is 497 g/mol. The number of amides is 2. The lowest BCUT2D eigenvalue weighted by Gasteiger charge is -2.44. The van der Waals surface area contributed by atoms with E-state index in [1.165, 1.54) is 5.56 Å². The van der Waals surface area contributed by atoms with E-state index in [2.05, 4.69) is 18.1 Å². The van der Waals surface area contributed by atoms with E-state index in [9.17, 15) is 9.59 Å². The molecule has 1 unspecified atom stereocenters. The van der Waals surface area contributed by atoms with Crippen molar-refractivity contribution in [2.24, 2.45) is 0 Å². The third-order valence-electron chi connectivity index (χ3n) is 7.25. The molecule has 3 heterocycles. The molecule has 0 saturated carbocycles. The Hall–Kier alpha value is -2.87. The van der Waals surface area contributed by atoms with E-state index in [0.29, 0.717) is 39.3 Å². The van der Waals surface area contributed by atoms with E-state index in [0.717, 1.165) is 49.2 Å². The van der Waals surface area contributed by atoms with Crippen LogP contribution in [0.1, 0.15) is 56.0 Å². The van der Waals surface area contributed by atoms with E-state index in [1.54, 1.807) is 9.58 Å². The first-order valence-electron chi connectivity index (χ1n) is 13.3. The Kier molecular flexibility index (Phi) is 8.67. The number of benzene rings is 1. The molecule has 2 aliphatic heterocycles. The third-order valence-corrected chi connectivity index (χ3v) is 7.25. The Morgan fingerprint density at radius 3 is 2.75 bits per heavy atom. The third kappa shape index (κ3) is 6.09. The van der Waals surface area contributed by atoms with Gasteiger partial charge in [0.15, 0.2) is 5.60 Å². The number of nitrogens with zero attached hydrogens (tertiary/aromatic N) is 4. The van der Waals surface area contributed by atoms with E-state index in [1.807, 2.05) is 43.0 Å². The first-order chi connectivity index (χ1) is 17.4. The lowest BCUT2D eigenvalue weighted by molar-refractivity contribution is -0.177. The second-order valence-electron chi connectivity index (χ2n) is 10.1. The number of para-hydroxylation sites is 1. The number of carbonyl (C=O) groups excluding carboxylic acids is 2. The van der Waals surface area contributed by atoms with Crippen molar-refractivity contribution in [2.45, 2.75) is 71.4 Å². The second-order valence-corrected chi connectivity index (χ2v) is 10.1. The van der Waals surface area contributed by atoms with Gasteiger partial charge in [-0.15, -0.1) is 0 Å². The molecule has 2 aromatic rings. The van der Waals surface area contributed by atoms with Crippen molar-refractivity contribution in [1.82, 2.24) is 19.6 Å². The van der Waals surface area contributed by atoms with Gasteiger partial charge in [-0.1, -0.05) is 31.5 Å². The van der Waals surface area contributed by atoms with Gasteiger partial charge >= 0.3 is 0 Å². The van der Waals surface area contributed by atoms with Crippen LogP contribution in [0.3, 0.4) is 0 Å². The minimum Gasteiger partial charge on any atom is -0.491 e. The first-order valence-corrected chi connectivity index (χ1v) is 13.3. The van der Waals surface area contributed by atoms with Crippen molar-refractivity contribution in [3.8, 4) is 5.75 Å². The minimum absolute atomic E-state index is 0.0166. The molecule has 1 aromatic heterocycles. The maximum Gasteiger partial charge on any atom is 0.256 e. The molecular weight excluding hydrogens is 456 g/mol. The maximum absolute atomic E-state index is 14.1. The summed E-state index contributed by atoms with van der Waals surface area (Å²) in [4.78, 5) is 31.0. The van der Waals surface area contributed by atoms with Gasteiger partial charge in [-0.3, -0.25) is 14.3 Å². The summed E-state index contributed by atoms with van der Waals surface area (Å²) in [7, 11) is 0. The van der Waals surface area contributed by atoms with Crippen molar-refractivity contribution in [2.75, 3.05) is 39.4 Å². The van der Waals surface area contributed by atoms with Crippen LogP contribution in [-0.4, -0.2) is 76.4 Å². The molecule has 36 heavy (non-hydrogen) atoms. The van der Waals surface area contributed by atoms with E-state index >= 15 is 0 Å². The highest BCUT2D eigenvalue weighted by Crippen LogP contribution is 2.30. The second kappa shape index (κ2) is 11.9. The molecule has 2 amide bonds. The maximum atomic E-state index is 14.1. The molecule has 1 spiro atoms. The molecule has 0 N–H and O–H groups in total. The quantitative estimate of drug-likeness (QED) is 0.633. The zero-order chi connectivity index (χ0) is 25.5. The van der Waals surface area contributed by atoms with Crippen LogP contribution in [0.25, 0.3) is 0 Å². The van der Waals surface area contributed by atoms with Crippen LogP contribution in [0.5, 0.6) is 5.75 Å². The predicted molar refractivity (Wildman–Crippen MR) is 138 cm³/mol. The zero-order valence-corrected chi connectivity index (χ0v) is 22.0. The van der Waals surface area contributed by atoms with E-state index < -0.39 is 5.60 Å². The average Bonchev–Trinajstić information content (AvgIpc) is 3.19. The molecule has 0 bridgehead atoms. The van der Waals surface area contributed by atoms with Crippen LogP contribution in [0, 0.1) is 13.8 Å². The van der Waals surface area contributed by atoms with Crippen LogP contribution < -0.4 is 4.74 Å². The lowest BCUT2D eigenvalue weighted by Crippen LogP contribution is -2.62. The van der Waals surface area contributed by atoms with Crippen LogP contribution in [0.2, 0.25) is 0 Å². The number of fused-ring (bicyclic) bond motifs is 1. The Labute approximate surface area is 214 Å². The Morgan fingerprint density at radius 1 is 1.14 bits per heavy atom. The fourth-order valence-electron chi connectivity index (χ4n) is 5.24. The summed E-state index contributed by atoms with van der Waals surface area (Å²) < 4.78 is 14.2. The summed E-state index contributed by atoms with van der Waals surface area (Å²) in [5.74, 6) is 0.864. The van der Waals surface area contributed by atoms with Gasteiger partial charge in [-0.2, -0.15) is 5.10 Å². The zero-order valence-electron chi connectivity index (χ0n) is 22.0. The summed E-state index contributed by atoms with van der Waals surface area (Å²) in [6.45, 7) is 8.89. The molecule has 1 saturated heterocycles. The highest BCUT2D eigenvalue weighted by atomic mass is 16.5. The van der Waals surface area contributed by atoms with Gasteiger partial charge in [-0.05, 0) is 63.6 Å². The van der Waals surface area contributed by atoms with Crippen molar-refractivity contribution in [1.29, 1.82) is 0 Å². The van der Waals surface area contributed by atoms with Gasteiger partial charge in [0.2, 0.25) is 5.91 Å². The lowest BCUT2D eigenvalue weighted by atomic mass is 9.90. The smallest absolute Gasteiger partial charge is 0.256 e. The summed E-state index contributed by atoms with van der Waals surface area (Å²) >= 11 is 0. The molecule has 8 heteroatoms. The standard InChI is InChI=1S/C28H40N4O4/c1-4-5-14-30-15-17-35-25-12-7-6-10-24(25)11-8-9-13-28(27(30)34)21-31(16-18-36-28)26(33)20-32-23(3)19-22(2)29-32/h6-7,10,12,19H,4-5,8-9,11,13-18,20-21H2,1-3H3. The largest absolute Gasteiger partial charge is 0.491 e. The SMILES string of the molecule is CCCCN1CCOc2ccccc2CCCCC2(CN(C(=O)Cn3nc(C)cc3C)CCO2)C1=O. The van der Waals surface area contributed by atoms with Gasteiger partial charge in [0.05, 0.1) is 25.4 Å². The summed E-state index contributed by atoms with van der Waals surface area (Å²) in [5, 5.41) is 4.45. The Balaban J connectivity index is 1.55. The Morgan fingerprint density at radius 2 is 1.97 bits per heavy atom. The van der Waals surface area contributed by atoms with Crippen LogP contribution in [0.4, 0.5) is 0 Å². The summed E-state index contributed by atoms with van der Waals surface area (Å²) in [6, 6.07) is 10.1. The summed E-state index contributed by atoms with van der Waals surface area (Å²) in [5.41, 5.74) is 2.03. The van der Waals surface area contributed by atoms with Crippen molar-refractivity contribution in [3.63, 3.8) is 0 Å². The van der Waals surface area contributed by atoms with Gasteiger partial charge in [-0.25, -0.2) is 0 Å². The number of unbranched alkanes of at least 4 members (excludes halogenated alkanes) is 1. The number of aryl methyl sites for hydroxylation is 3. The monoisotopic (exact) mass is 496 g/mol. The van der Waals surface area contributed by atoms with Crippen molar-refractivity contribution >= 4 is 11.8 Å². The number of hydrogen-bond donors (Lipinski definition) is 0. The van der Waals surface area contributed by atoms with E-state index in [-0.39, 0.29) is 24.9 Å². The molecule has 8 nitrogen and oxygen atoms in total. The molecule has 1 fully saturated rings. The first kappa shape index (κ1) is 26.2. The van der Waals surface area contributed by atoms with Crippen LogP contribution in [0.15, 0.2) is 30.3 Å². The molecule has 0 radical (unpaired) electrons. The van der Waals surface area contributed by atoms with Gasteiger partial charge in [0, 0.05) is 18.8 Å². The number of ether oxygens (including phenoxy) is 2. The molecule has 0 aliphatic carbocycles. The molecule has 2 aliphatic rings. The van der Waals surface area contributed by atoms with Gasteiger partial charge in [0.25, 0.3) is 5.91 Å². The van der Waals surface area contributed by atoms with Gasteiger partial charge in [0.1, 0.15) is 18.9 Å². The molecule has 1 atom stereocenters. The Bertz CT molecular complexity index is 1050. The highest BCUT2D eigenvalue weighted by molar-refractivity contribution is 5.87. The topological polar surface area (TPSA) is 76.9 Å². The number of aromatic nitrogens is 2. The molecule has 196 valence electrons. The van der Waals surface area contributed by atoms with Crippen LogP contribution >= 0.6 is 0 Å². The molecule has 4 rings (SSSR count). The fourth-order valence-corrected chi connectivity index (χ4v) is 5.24. The summed E-state index contributed by atoms with van der Waals surface area (Å²) in [6.07, 6.45) is 5.16. The van der Waals surface area contributed by atoms with Crippen molar-refractivity contribution < 1.29 is 19.1 Å². The van der Waals surface area contributed by atoms with E-state index in [4.69, 9.17) is 9.47 Å². The minimum atomic E-state index is -1.02. The van der Waals surface area contributed by atoms with Crippen molar-refractivity contribution in [3.05, 3.63) is 47.3 Å². The molecule has 1 aromatic carbocycles. The number of morpholine rings is 1. The van der Waals surface area contributed by atoms with Crippen LogP contribution in [-0.2, 0) is 27.3 Å².